The minimum atomic E-state index is -0.590. The highest BCUT2D eigenvalue weighted by Crippen LogP contribution is 2.10. The first kappa shape index (κ1) is 13.8. The summed E-state index contributed by atoms with van der Waals surface area (Å²) in [7, 11) is 0. The lowest BCUT2D eigenvalue weighted by Gasteiger charge is -2.05. The maximum atomic E-state index is 13.7. The van der Waals surface area contributed by atoms with E-state index in [1.165, 1.54) is 18.2 Å². The fraction of sp³-hybridized carbons (Fsp3) is 0.143. The number of rotatable bonds is 3. The summed E-state index contributed by atoms with van der Waals surface area (Å²) in [4.78, 5) is 11.9. The fourth-order valence-electron chi connectivity index (χ4n) is 1.58. The van der Waals surface area contributed by atoms with Crippen LogP contribution in [0, 0.1) is 17.7 Å². The number of nitrogens with zero attached hydrogens (tertiary/aromatic N) is 1. The lowest BCUT2D eigenvalue weighted by atomic mass is 10.1. The van der Waals surface area contributed by atoms with Gasteiger partial charge in [0.15, 0.2) is 0 Å². The first-order valence-corrected chi connectivity index (χ1v) is 5.95. The van der Waals surface area contributed by atoms with Gasteiger partial charge in [-0.15, -0.1) is 0 Å². The van der Waals surface area contributed by atoms with Gasteiger partial charge in [-0.25, -0.2) is 4.39 Å². The maximum absolute atomic E-state index is 13.7. The Bertz CT molecular complexity index is 656. The molecule has 0 aliphatic carbocycles. The molecule has 1 heterocycles. The molecule has 1 aromatic carbocycles. The summed E-state index contributed by atoms with van der Waals surface area (Å²) < 4.78 is 13.7. The monoisotopic (exact) mass is 272 g/mol. The third-order valence-corrected chi connectivity index (χ3v) is 2.55. The Balaban J connectivity index is 2.12. The van der Waals surface area contributed by atoms with Gasteiger partial charge in [0, 0.05) is 23.9 Å². The molecule has 0 aliphatic rings. The molecule has 6 heteroatoms. The number of H-pyrrole nitrogens is 1. The zero-order valence-electron chi connectivity index (χ0n) is 10.6. The number of nitrogens with one attached hydrogen (secondary N) is 2. The van der Waals surface area contributed by atoms with Gasteiger partial charge < -0.3 is 11.1 Å². The molecular formula is C14H13FN4O. The van der Waals surface area contributed by atoms with E-state index in [0.29, 0.717) is 5.56 Å². The number of carbonyl (C=O) groups excluding carboxylic acids is 1. The van der Waals surface area contributed by atoms with E-state index in [0.717, 1.165) is 5.56 Å². The largest absolute Gasteiger partial charge is 0.348 e. The summed E-state index contributed by atoms with van der Waals surface area (Å²) in [6.07, 6.45) is 3.24. The molecule has 1 aromatic heterocycles. The third kappa shape index (κ3) is 3.43. The molecule has 0 unspecified atom stereocenters. The first-order chi connectivity index (χ1) is 9.70. The van der Waals surface area contributed by atoms with Crippen molar-refractivity contribution in [2.24, 2.45) is 5.73 Å². The predicted molar refractivity (Wildman–Crippen MR) is 72.1 cm³/mol. The van der Waals surface area contributed by atoms with E-state index in [9.17, 15) is 9.18 Å². The zero-order chi connectivity index (χ0) is 14.4. The molecular weight excluding hydrogens is 259 g/mol. The highest BCUT2D eigenvalue weighted by atomic mass is 19.1. The minimum Gasteiger partial charge on any atom is -0.348 e. The van der Waals surface area contributed by atoms with Crippen LogP contribution in [0.4, 0.5) is 4.39 Å². The summed E-state index contributed by atoms with van der Waals surface area (Å²) in [5, 5.41) is 9.00. The van der Waals surface area contributed by atoms with E-state index in [1.807, 2.05) is 0 Å². The summed E-state index contributed by atoms with van der Waals surface area (Å²) in [5.41, 5.74) is 6.58. The smallest absolute Gasteiger partial charge is 0.254 e. The van der Waals surface area contributed by atoms with Crippen LogP contribution in [0.5, 0.6) is 0 Å². The number of amides is 1. The van der Waals surface area contributed by atoms with Gasteiger partial charge in [-0.05, 0) is 18.2 Å². The molecule has 2 aromatic rings. The highest BCUT2D eigenvalue weighted by Gasteiger charge is 2.12. The van der Waals surface area contributed by atoms with Gasteiger partial charge in [-0.1, -0.05) is 11.8 Å². The predicted octanol–water partition coefficient (Wildman–Crippen LogP) is 0.789. The van der Waals surface area contributed by atoms with Gasteiger partial charge in [0.05, 0.1) is 18.3 Å². The molecule has 0 radical (unpaired) electrons. The molecule has 0 saturated carbocycles. The van der Waals surface area contributed by atoms with Crippen molar-refractivity contribution in [3.63, 3.8) is 0 Å². The van der Waals surface area contributed by atoms with Crippen molar-refractivity contribution in [3.05, 3.63) is 53.1 Å². The molecule has 0 saturated heterocycles. The lowest BCUT2D eigenvalue weighted by molar-refractivity contribution is 0.0947. The molecule has 0 spiro atoms. The minimum absolute atomic E-state index is 0.0442. The zero-order valence-corrected chi connectivity index (χ0v) is 10.6. The Labute approximate surface area is 115 Å². The number of hydrogen-bond donors (Lipinski definition) is 3. The molecule has 0 fully saturated rings. The molecule has 5 nitrogen and oxygen atoms in total. The van der Waals surface area contributed by atoms with E-state index < -0.39 is 11.7 Å². The van der Waals surface area contributed by atoms with Gasteiger partial charge in [-0.2, -0.15) is 5.10 Å². The van der Waals surface area contributed by atoms with E-state index in [4.69, 9.17) is 5.73 Å². The number of halogens is 1. The van der Waals surface area contributed by atoms with Crippen LogP contribution in [0.2, 0.25) is 0 Å². The molecule has 20 heavy (non-hydrogen) atoms. The Morgan fingerprint density at radius 3 is 3.05 bits per heavy atom. The Morgan fingerprint density at radius 2 is 2.35 bits per heavy atom. The number of aromatic amines is 1. The maximum Gasteiger partial charge on any atom is 0.254 e. The van der Waals surface area contributed by atoms with Crippen LogP contribution in [0.1, 0.15) is 21.5 Å². The van der Waals surface area contributed by atoms with Gasteiger partial charge in [0.25, 0.3) is 5.91 Å². The van der Waals surface area contributed by atoms with E-state index in [-0.39, 0.29) is 18.7 Å². The van der Waals surface area contributed by atoms with Crippen LogP contribution >= 0.6 is 0 Å². The Kier molecular flexibility index (Phi) is 4.47. The molecule has 0 atom stereocenters. The summed E-state index contributed by atoms with van der Waals surface area (Å²) >= 11 is 0. The second-order valence-electron chi connectivity index (χ2n) is 3.99. The van der Waals surface area contributed by atoms with E-state index >= 15 is 0 Å². The molecule has 102 valence electrons. The second kappa shape index (κ2) is 6.50. The molecule has 0 aliphatic heterocycles. The van der Waals surface area contributed by atoms with Crippen LogP contribution < -0.4 is 11.1 Å². The normalized spacial score (nSPS) is 9.70. The van der Waals surface area contributed by atoms with Crippen LogP contribution in [0.25, 0.3) is 0 Å². The van der Waals surface area contributed by atoms with Crippen molar-refractivity contribution in [2.75, 3.05) is 6.54 Å². The van der Waals surface area contributed by atoms with Crippen molar-refractivity contribution in [3.8, 4) is 11.8 Å². The first-order valence-electron chi connectivity index (χ1n) is 5.95. The summed E-state index contributed by atoms with van der Waals surface area (Å²) in [6, 6.07) is 4.13. The average Bonchev–Trinajstić information content (AvgIpc) is 2.97. The van der Waals surface area contributed by atoms with Gasteiger partial charge in [0.2, 0.25) is 0 Å². The van der Waals surface area contributed by atoms with Gasteiger partial charge >= 0.3 is 0 Å². The number of aromatic nitrogens is 2. The Morgan fingerprint density at radius 1 is 1.50 bits per heavy atom. The molecule has 2 rings (SSSR count). The van der Waals surface area contributed by atoms with Crippen LogP contribution in [0.15, 0.2) is 30.6 Å². The molecule has 4 N–H and O–H groups in total. The second-order valence-corrected chi connectivity index (χ2v) is 3.99. The lowest BCUT2D eigenvalue weighted by Crippen LogP contribution is -2.23. The molecule has 0 bridgehead atoms. The van der Waals surface area contributed by atoms with Crippen molar-refractivity contribution in [1.29, 1.82) is 0 Å². The number of nitrogens with two attached hydrogens (primary N) is 1. The summed E-state index contributed by atoms with van der Waals surface area (Å²) in [6.45, 7) is 0.479. The van der Waals surface area contributed by atoms with E-state index in [1.54, 1.807) is 12.4 Å². The van der Waals surface area contributed by atoms with Crippen molar-refractivity contribution < 1.29 is 9.18 Å². The molecule has 1 amide bonds. The van der Waals surface area contributed by atoms with Crippen molar-refractivity contribution >= 4 is 5.91 Å². The SMILES string of the molecule is NCC#Cc1ccc(F)c(C(=O)NCc2cn[nH]c2)c1. The Hall–Kier alpha value is -2.65. The van der Waals surface area contributed by atoms with E-state index in [2.05, 4.69) is 27.4 Å². The van der Waals surface area contributed by atoms with Crippen molar-refractivity contribution in [2.45, 2.75) is 6.54 Å². The average molecular weight is 272 g/mol. The fourth-order valence-corrected chi connectivity index (χ4v) is 1.58. The van der Waals surface area contributed by atoms with Crippen LogP contribution in [-0.4, -0.2) is 22.6 Å². The van der Waals surface area contributed by atoms with Gasteiger partial charge in [0.1, 0.15) is 5.82 Å². The number of hydrogen-bond acceptors (Lipinski definition) is 3. The quantitative estimate of drug-likeness (QED) is 0.722. The highest BCUT2D eigenvalue weighted by molar-refractivity contribution is 5.94. The van der Waals surface area contributed by atoms with Crippen LogP contribution in [-0.2, 0) is 6.54 Å². The standard InChI is InChI=1S/C14H13FN4O/c15-13-4-3-10(2-1-5-16)6-12(13)14(20)17-7-11-8-18-19-9-11/h3-4,6,8-9H,5,7,16H2,(H,17,20)(H,18,19). The van der Waals surface area contributed by atoms with Crippen molar-refractivity contribution in [1.82, 2.24) is 15.5 Å². The van der Waals surface area contributed by atoms with Crippen LogP contribution in [0.3, 0.4) is 0 Å². The number of carbonyl (C=O) groups is 1. The third-order valence-electron chi connectivity index (χ3n) is 2.55. The van der Waals surface area contributed by atoms with Gasteiger partial charge in [-0.3, -0.25) is 9.89 Å². The topological polar surface area (TPSA) is 83.8 Å². The number of benzene rings is 1. The summed E-state index contributed by atoms with van der Waals surface area (Å²) in [5.74, 6) is 4.33.